The second kappa shape index (κ2) is 8.10. The quantitative estimate of drug-likeness (QED) is 0.778. The Bertz CT molecular complexity index is 848. The van der Waals surface area contributed by atoms with Crippen molar-refractivity contribution in [3.63, 3.8) is 0 Å². The molecule has 134 valence electrons. The van der Waals surface area contributed by atoms with Gasteiger partial charge in [0.15, 0.2) is 11.5 Å². The summed E-state index contributed by atoms with van der Waals surface area (Å²) in [5.41, 5.74) is 1.88. The SMILES string of the molecule is COc1cc(/C=C2/SC(=O)N(CCCc3ccccc3)C2=O)ccc1O. The summed E-state index contributed by atoms with van der Waals surface area (Å²) < 4.78 is 5.07. The average molecular weight is 369 g/mol. The summed E-state index contributed by atoms with van der Waals surface area (Å²) in [4.78, 5) is 26.4. The fraction of sp³-hybridized carbons (Fsp3) is 0.200. The number of carbonyl (C=O) groups excluding carboxylic acids is 2. The predicted molar refractivity (Wildman–Crippen MR) is 102 cm³/mol. The Morgan fingerprint density at radius 3 is 2.65 bits per heavy atom. The van der Waals surface area contributed by atoms with Crippen molar-refractivity contribution in [2.24, 2.45) is 0 Å². The number of hydrogen-bond donors (Lipinski definition) is 1. The van der Waals surface area contributed by atoms with Gasteiger partial charge in [-0.2, -0.15) is 0 Å². The Hall–Kier alpha value is -2.73. The summed E-state index contributed by atoms with van der Waals surface area (Å²) in [7, 11) is 1.46. The van der Waals surface area contributed by atoms with Crippen molar-refractivity contribution in [1.82, 2.24) is 4.90 Å². The minimum absolute atomic E-state index is 0.0265. The molecule has 2 aromatic carbocycles. The standard InChI is InChI=1S/C20H19NO4S/c1-25-17-12-15(9-10-16(17)22)13-18-19(23)21(20(24)26-18)11-5-8-14-6-3-2-4-7-14/h2-4,6-7,9-10,12-13,22H,5,8,11H2,1H3/b18-13+. The van der Waals surface area contributed by atoms with Crippen LogP contribution in [0.4, 0.5) is 4.79 Å². The first-order chi connectivity index (χ1) is 12.6. The second-order valence-electron chi connectivity index (χ2n) is 5.85. The third kappa shape index (κ3) is 4.08. The normalized spacial score (nSPS) is 15.7. The van der Waals surface area contributed by atoms with Crippen LogP contribution in [0.1, 0.15) is 17.5 Å². The van der Waals surface area contributed by atoms with Gasteiger partial charge in [-0.05, 0) is 53.9 Å². The van der Waals surface area contributed by atoms with Gasteiger partial charge in [0, 0.05) is 6.54 Å². The van der Waals surface area contributed by atoms with Crippen LogP contribution in [0.3, 0.4) is 0 Å². The van der Waals surface area contributed by atoms with E-state index in [9.17, 15) is 14.7 Å². The molecule has 0 radical (unpaired) electrons. The molecule has 1 heterocycles. The molecule has 0 atom stereocenters. The van der Waals surface area contributed by atoms with Gasteiger partial charge in [-0.15, -0.1) is 0 Å². The zero-order valence-electron chi connectivity index (χ0n) is 14.3. The van der Waals surface area contributed by atoms with E-state index in [1.165, 1.54) is 23.6 Å². The number of rotatable bonds is 6. The zero-order valence-corrected chi connectivity index (χ0v) is 15.2. The maximum absolute atomic E-state index is 12.5. The molecular weight excluding hydrogens is 350 g/mol. The van der Waals surface area contributed by atoms with E-state index in [1.807, 2.05) is 30.3 Å². The maximum Gasteiger partial charge on any atom is 0.293 e. The molecule has 0 bridgehead atoms. The Labute approximate surface area is 156 Å². The smallest absolute Gasteiger partial charge is 0.293 e. The van der Waals surface area contributed by atoms with Crippen LogP contribution in [-0.4, -0.2) is 34.8 Å². The van der Waals surface area contributed by atoms with E-state index in [-0.39, 0.29) is 16.9 Å². The zero-order chi connectivity index (χ0) is 18.5. The number of phenolic OH excluding ortho intramolecular Hbond substituents is 1. The van der Waals surface area contributed by atoms with Gasteiger partial charge in [-0.1, -0.05) is 36.4 Å². The number of carbonyl (C=O) groups is 2. The molecule has 0 unspecified atom stereocenters. The summed E-state index contributed by atoms with van der Waals surface area (Å²) >= 11 is 0.936. The van der Waals surface area contributed by atoms with Crippen molar-refractivity contribution in [3.8, 4) is 11.5 Å². The first kappa shape index (κ1) is 18.1. The van der Waals surface area contributed by atoms with Crippen molar-refractivity contribution in [2.75, 3.05) is 13.7 Å². The lowest BCUT2D eigenvalue weighted by Gasteiger charge is -2.12. The molecule has 1 fully saturated rings. The van der Waals surface area contributed by atoms with Gasteiger partial charge in [0.05, 0.1) is 12.0 Å². The number of hydrogen-bond acceptors (Lipinski definition) is 5. The monoisotopic (exact) mass is 369 g/mol. The number of nitrogens with zero attached hydrogens (tertiary/aromatic N) is 1. The van der Waals surface area contributed by atoms with Crippen molar-refractivity contribution >= 4 is 29.0 Å². The second-order valence-corrected chi connectivity index (χ2v) is 6.85. The highest BCUT2D eigenvalue weighted by Gasteiger charge is 2.34. The van der Waals surface area contributed by atoms with E-state index in [0.717, 1.165) is 24.6 Å². The van der Waals surface area contributed by atoms with E-state index in [2.05, 4.69) is 0 Å². The number of ether oxygens (including phenoxy) is 1. The Morgan fingerprint density at radius 1 is 1.15 bits per heavy atom. The third-order valence-electron chi connectivity index (χ3n) is 4.07. The first-order valence-electron chi connectivity index (χ1n) is 8.25. The van der Waals surface area contributed by atoms with Crippen LogP contribution in [0.25, 0.3) is 6.08 Å². The summed E-state index contributed by atoms with van der Waals surface area (Å²) in [6, 6.07) is 14.8. The summed E-state index contributed by atoms with van der Waals surface area (Å²) in [5.74, 6) is 0.0691. The van der Waals surface area contributed by atoms with Gasteiger partial charge >= 0.3 is 0 Å². The Morgan fingerprint density at radius 2 is 1.92 bits per heavy atom. The van der Waals surface area contributed by atoms with E-state index in [0.29, 0.717) is 22.8 Å². The number of phenols is 1. The van der Waals surface area contributed by atoms with Crippen LogP contribution >= 0.6 is 11.8 Å². The molecule has 5 nitrogen and oxygen atoms in total. The van der Waals surface area contributed by atoms with Gasteiger partial charge in [-0.25, -0.2) is 0 Å². The molecule has 26 heavy (non-hydrogen) atoms. The number of benzene rings is 2. The van der Waals surface area contributed by atoms with Crippen molar-refractivity contribution < 1.29 is 19.4 Å². The lowest BCUT2D eigenvalue weighted by molar-refractivity contribution is -0.122. The van der Waals surface area contributed by atoms with Crippen molar-refractivity contribution in [1.29, 1.82) is 0 Å². The van der Waals surface area contributed by atoms with Crippen LogP contribution < -0.4 is 4.74 Å². The molecule has 6 heteroatoms. The van der Waals surface area contributed by atoms with Crippen molar-refractivity contribution in [3.05, 3.63) is 64.6 Å². The van der Waals surface area contributed by atoms with Gasteiger partial charge in [0.2, 0.25) is 0 Å². The largest absolute Gasteiger partial charge is 0.504 e. The van der Waals surface area contributed by atoms with E-state index in [4.69, 9.17) is 4.74 Å². The molecule has 2 amide bonds. The summed E-state index contributed by atoms with van der Waals surface area (Å²) in [5, 5.41) is 9.39. The molecule has 0 aliphatic carbocycles. The summed E-state index contributed by atoms with van der Waals surface area (Å²) in [6.45, 7) is 0.399. The highest BCUT2D eigenvalue weighted by molar-refractivity contribution is 8.18. The molecule has 1 aliphatic heterocycles. The third-order valence-corrected chi connectivity index (χ3v) is 4.97. The van der Waals surface area contributed by atoms with Gasteiger partial charge in [0.1, 0.15) is 0 Å². The molecule has 1 saturated heterocycles. The number of methoxy groups -OCH3 is 1. The molecule has 3 rings (SSSR count). The molecule has 0 aromatic heterocycles. The van der Waals surface area contributed by atoms with Gasteiger partial charge in [0.25, 0.3) is 11.1 Å². The van der Waals surface area contributed by atoms with Crippen LogP contribution in [0.15, 0.2) is 53.4 Å². The molecule has 0 spiro atoms. The highest BCUT2D eigenvalue weighted by Crippen LogP contribution is 2.34. The Kier molecular flexibility index (Phi) is 5.63. The van der Waals surface area contributed by atoms with Crippen LogP contribution in [0.5, 0.6) is 11.5 Å². The number of imide groups is 1. The number of aryl methyl sites for hydroxylation is 1. The lowest BCUT2D eigenvalue weighted by Crippen LogP contribution is -2.29. The first-order valence-corrected chi connectivity index (χ1v) is 9.06. The Balaban J connectivity index is 1.66. The fourth-order valence-electron chi connectivity index (χ4n) is 2.71. The minimum atomic E-state index is -0.278. The van der Waals surface area contributed by atoms with Crippen LogP contribution in [-0.2, 0) is 11.2 Å². The average Bonchev–Trinajstić information content (AvgIpc) is 2.91. The van der Waals surface area contributed by atoms with Crippen LogP contribution in [0, 0.1) is 0 Å². The number of aromatic hydroxyl groups is 1. The molecule has 0 saturated carbocycles. The summed E-state index contributed by atoms with van der Waals surface area (Å²) in [6.07, 6.45) is 3.18. The predicted octanol–water partition coefficient (Wildman–Crippen LogP) is 4.07. The molecular formula is C20H19NO4S. The van der Waals surface area contributed by atoms with Crippen molar-refractivity contribution in [2.45, 2.75) is 12.8 Å². The number of thioether (sulfide) groups is 1. The van der Waals surface area contributed by atoms with E-state index < -0.39 is 0 Å². The maximum atomic E-state index is 12.5. The fourth-order valence-corrected chi connectivity index (χ4v) is 3.58. The lowest BCUT2D eigenvalue weighted by atomic mass is 10.1. The van der Waals surface area contributed by atoms with Crippen LogP contribution in [0.2, 0.25) is 0 Å². The van der Waals surface area contributed by atoms with E-state index in [1.54, 1.807) is 18.2 Å². The minimum Gasteiger partial charge on any atom is -0.504 e. The van der Waals surface area contributed by atoms with Gasteiger partial charge < -0.3 is 9.84 Å². The highest BCUT2D eigenvalue weighted by atomic mass is 32.2. The molecule has 1 N–H and O–H groups in total. The molecule has 2 aromatic rings. The number of amides is 2. The van der Waals surface area contributed by atoms with Gasteiger partial charge in [-0.3, -0.25) is 14.5 Å². The topological polar surface area (TPSA) is 66.8 Å². The molecule has 1 aliphatic rings. The van der Waals surface area contributed by atoms with E-state index >= 15 is 0 Å².